The molecule has 8 nitrogen and oxygen atoms in total. The van der Waals surface area contributed by atoms with Crippen molar-refractivity contribution in [1.29, 1.82) is 0 Å². The lowest BCUT2D eigenvalue weighted by atomic mass is 9.81. The van der Waals surface area contributed by atoms with Gasteiger partial charge in [0.05, 0.1) is 33.2 Å². The fraction of sp³-hybridized carbons (Fsp3) is 0.640. The Hall–Kier alpha value is -2.77. The Morgan fingerprint density at radius 2 is 1.42 bits per heavy atom. The molecule has 0 saturated heterocycles. The van der Waals surface area contributed by atoms with Crippen molar-refractivity contribution < 1.29 is 38.2 Å². The summed E-state index contributed by atoms with van der Waals surface area (Å²) in [6.07, 6.45) is 5.22. The van der Waals surface area contributed by atoms with E-state index < -0.39 is 29.6 Å². The molecule has 0 aliphatic heterocycles. The number of hydrogen-bond acceptors (Lipinski definition) is 8. The highest BCUT2D eigenvalue weighted by atomic mass is 16.5. The fourth-order valence-corrected chi connectivity index (χ4v) is 2.97. The monoisotopic (exact) mass is 468 g/mol. The summed E-state index contributed by atoms with van der Waals surface area (Å²) in [7, 11) is 3.73. The van der Waals surface area contributed by atoms with Gasteiger partial charge in [0.25, 0.3) is 0 Å². The van der Waals surface area contributed by atoms with Gasteiger partial charge in [-0.1, -0.05) is 39.3 Å². The molecule has 1 rings (SSSR count). The normalized spacial score (nSPS) is 17.5. The summed E-state index contributed by atoms with van der Waals surface area (Å²) in [5, 5.41) is 0. The fourth-order valence-electron chi connectivity index (χ4n) is 2.97. The SMILES string of the molecule is C=CC(C)C.COC(=O)C(C)C(C(C)=O)C(=O)OC.COC(=O)C(C)C1CCC(C)=CC1=O. The van der Waals surface area contributed by atoms with Crippen molar-refractivity contribution in [2.75, 3.05) is 21.3 Å². The molecule has 0 saturated carbocycles. The molecule has 4 unspecified atom stereocenters. The second-order valence-corrected chi connectivity index (χ2v) is 8.25. The first-order valence-corrected chi connectivity index (χ1v) is 10.9. The first-order chi connectivity index (χ1) is 15.3. The van der Waals surface area contributed by atoms with E-state index in [1.807, 2.05) is 13.0 Å². The molecule has 0 radical (unpaired) electrons. The van der Waals surface area contributed by atoms with E-state index in [4.69, 9.17) is 0 Å². The summed E-state index contributed by atoms with van der Waals surface area (Å²) >= 11 is 0. The second-order valence-electron chi connectivity index (χ2n) is 8.25. The van der Waals surface area contributed by atoms with Crippen LogP contribution in [0.2, 0.25) is 0 Å². The minimum atomic E-state index is -1.08. The van der Waals surface area contributed by atoms with Crippen LogP contribution in [0.15, 0.2) is 24.3 Å². The van der Waals surface area contributed by atoms with Crippen molar-refractivity contribution in [3.63, 3.8) is 0 Å². The molecule has 0 aromatic rings. The van der Waals surface area contributed by atoms with Gasteiger partial charge in [-0.25, -0.2) is 0 Å². The summed E-state index contributed by atoms with van der Waals surface area (Å²) in [6, 6.07) is 0. The van der Waals surface area contributed by atoms with Crippen molar-refractivity contribution in [3.8, 4) is 0 Å². The average Bonchev–Trinajstić information content (AvgIpc) is 2.77. The van der Waals surface area contributed by atoms with E-state index in [1.54, 1.807) is 13.0 Å². The van der Waals surface area contributed by atoms with Gasteiger partial charge >= 0.3 is 17.9 Å². The van der Waals surface area contributed by atoms with E-state index in [-0.39, 0.29) is 23.6 Å². The van der Waals surface area contributed by atoms with Crippen LogP contribution in [0.1, 0.15) is 54.4 Å². The molecule has 0 bridgehead atoms. The van der Waals surface area contributed by atoms with E-state index in [1.165, 1.54) is 35.2 Å². The number of Topliss-reactive ketones (excluding diaryl/α,β-unsaturated/α-hetero) is 1. The standard InChI is InChI=1S/C11H16O3.C9H14O5.C5H10/c1-7-4-5-9(10(12)6-7)8(2)11(13)14-3;1-5(8(11)13-3)7(6(2)10)9(12)14-4;1-4-5(2)3/h6,8-9H,4-5H2,1-3H3;5,7H,1-4H3;4-5H,1H2,2-3H3. The van der Waals surface area contributed by atoms with E-state index in [9.17, 15) is 24.0 Å². The van der Waals surface area contributed by atoms with E-state index >= 15 is 0 Å². The van der Waals surface area contributed by atoms with E-state index in [0.29, 0.717) is 5.92 Å². The molecular weight excluding hydrogens is 428 g/mol. The Labute approximate surface area is 197 Å². The lowest BCUT2D eigenvalue weighted by Gasteiger charge is -2.23. The van der Waals surface area contributed by atoms with Gasteiger partial charge in [0.2, 0.25) is 0 Å². The summed E-state index contributed by atoms with van der Waals surface area (Å²) < 4.78 is 13.5. The zero-order valence-electron chi connectivity index (χ0n) is 21.4. The Bertz CT molecular complexity index is 720. The lowest BCUT2D eigenvalue weighted by Crippen LogP contribution is -2.34. The Balaban J connectivity index is 0. The number of ketones is 2. The van der Waals surface area contributed by atoms with Crippen molar-refractivity contribution in [2.45, 2.75) is 54.4 Å². The third kappa shape index (κ3) is 12.2. The number of rotatable bonds is 7. The summed E-state index contributed by atoms with van der Waals surface area (Å²) in [6.45, 7) is 14.2. The molecule has 0 aromatic heterocycles. The zero-order chi connectivity index (χ0) is 26.3. The third-order valence-electron chi connectivity index (χ3n) is 5.22. The molecule has 8 heteroatoms. The predicted octanol–water partition coefficient (Wildman–Crippen LogP) is 3.72. The minimum absolute atomic E-state index is 0.0617. The summed E-state index contributed by atoms with van der Waals surface area (Å²) in [4.78, 5) is 56.2. The number of esters is 3. The van der Waals surface area contributed by atoms with Crippen LogP contribution in [0.25, 0.3) is 0 Å². The van der Waals surface area contributed by atoms with Gasteiger partial charge in [0, 0.05) is 5.92 Å². The smallest absolute Gasteiger partial charge is 0.317 e. The number of hydrogen-bond donors (Lipinski definition) is 0. The van der Waals surface area contributed by atoms with Gasteiger partial charge in [-0.3, -0.25) is 24.0 Å². The Morgan fingerprint density at radius 3 is 1.76 bits per heavy atom. The maximum atomic E-state index is 11.6. The average molecular weight is 469 g/mol. The van der Waals surface area contributed by atoms with Crippen molar-refractivity contribution >= 4 is 29.5 Å². The van der Waals surface area contributed by atoms with Gasteiger partial charge in [-0.05, 0) is 38.7 Å². The van der Waals surface area contributed by atoms with Gasteiger partial charge in [-0.15, -0.1) is 6.58 Å². The van der Waals surface area contributed by atoms with Crippen molar-refractivity contribution in [1.82, 2.24) is 0 Å². The molecule has 33 heavy (non-hydrogen) atoms. The van der Waals surface area contributed by atoms with Gasteiger partial charge in [0.1, 0.15) is 11.7 Å². The van der Waals surface area contributed by atoms with Crippen LogP contribution >= 0.6 is 0 Å². The van der Waals surface area contributed by atoms with Crippen LogP contribution in [-0.4, -0.2) is 50.8 Å². The highest BCUT2D eigenvalue weighted by molar-refractivity contribution is 6.01. The highest BCUT2D eigenvalue weighted by Crippen LogP contribution is 2.27. The number of carbonyl (C=O) groups excluding carboxylic acids is 5. The Morgan fingerprint density at radius 1 is 0.970 bits per heavy atom. The van der Waals surface area contributed by atoms with Gasteiger partial charge < -0.3 is 14.2 Å². The second kappa shape index (κ2) is 16.8. The van der Waals surface area contributed by atoms with Crippen LogP contribution in [-0.2, 0) is 38.2 Å². The molecular formula is C25H40O8. The number of methoxy groups -OCH3 is 3. The van der Waals surface area contributed by atoms with Crippen LogP contribution in [0.4, 0.5) is 0 Å². The first kappa shape index (κ1) is 32.4. The maximum Gasteiger partial charge on any atom is 0.317 e. The van der Waals surface area contributed by atoms with Crippen LogP contribution in [0, 0.1) is 29.6 Å². The molecule has 0 heterocycles. The quantitative estimate of drug-likeness (QED) is 0.240. The largest absolute Gasteiger partial charge is 0.469 e. The molecule has 0 spiro atoms. The Kier molecular flexibility index (Phi) is 16.5. The molecule has 0 amide bonds. The first-order valence-electron chi connectivity index (χ1n) is 10.9. The van der Waals surface area contributed by atoms with Crippen LogP contribution in [0.3, 0.4) is 0 Å². The van der Waals surface area contributed by atoms with Gasteiger partial charge in [-0.2, -0.15) is 0 Å². The zero-order valence-corrected chi connectivity index (χ0v) is 21.4. The molecule has 4 atom stereocenters. The van der Waals surface area contributed by atoms with Crippen LogP contribution < -0.4 is 0 Å². The van der Waals surface area contributed by atoms with Crippen molar-refractivity contribution in [3.05, 3.63) is 24.3 Å². The molecule has 1 aliphatic carbocycles. The summed E-state index contributed by atoms with van der Waals surface area (Å²) in [5.41, 5.74) is 1.10. The lowest BCUT2D eigenvalue weighted by molar-refractivity contribution is -0.159. The van der Waals surface area contributed by atoms with Crippen molar-refractivity contribution in [2.24, 2.45) is 29.6 Å². The van der Waals surface area contributed by atoms with Crippen LogP contribution in [0.5, 0.6) is 0 Å². The third-order valence-corrected chi connectivity index (χ3v) is 5.22. The molecule has 1 aliphatic rings. The molecule has 188 valence electrons. The highest BCUT2D eigenvalue weighted by Gasteiger charge is 2.35. The summed E-state index contributed by atoms with van der Waals surface area (Å²) in [5.74, 6) is -3.71. The predicted molar refractivity (Wildman–Crippen MR) is 125 cm³/mol. The minimum Gasteiger partial charge on any atom is -0.469 e. The number of ether oxygens (including phenoxy) is 3. The molecule has 0 aromatic carbocycles. The number of carbonyl (C=O) groups is 5. The van der Waals surface area contributed by atoms with E-state index in [2.05, 4.69) is 34.6 Å². The maximum absolute atomic E-state index is 11.6. The van der Waals surface area contributed by atoms with Gasteiger partial charge in [0.15, 0.2) is 5.78 Å². The molecule has 0 fully saturated rings. The number of allylic oxidation sites excluding steroid dienone is 3. The molecule has 0 N–H and O–H groups in total. The topological polar surface area (TPSA) is 113 Å². The van der Waals surface area contributed by atoms with E-state index in [0.717, 1.165) is 18.4 Å².